The molecule has 0 bridgehead atoms. The van der Waals surface area contributed by atoms with Crippen molar-refractivity contribution in [1.82, 2.24) is 9.97 Å². The summed E-state index contributed by atoms with van der Waals surface area (Å²) >= 11 is 5.77. The molecule has 8 heteroatoms. The number of aromatic nitrogens is 2. The minimum absolute atomic E-state index is 0.0334. The first-order valence-electron chi connectivity index (χ1n) is 4.92. The molecular weight excluding hydrogens is 257 g/mol. The van der Waals surface area contributed by atoms with Crippen LogP contribution in [0.15, 0.2) is 6.33 Å². The van der Waals surface area contributed by atoms with Gasteiger partial charge in [0, 0.05) is 6.04 Å². The van der Waals surface area contributed by atoms with Gasteiger partial charge in [-0.25, -0.2) is 9.97 Å². The van der Waals surface area contributed by atoms with E-state index in [1.54, 1.807) is 6.92 Å². The number of nitrogens with two attached hydrogens (primary N) is 1. The minimum atomic E-state index is -4.24. The Hall–Kier alpha value is -1.24. The van der Waals surface area contributed by atoms with Crippen LogP contribution in [0.3, 0.4) is 0 Å². The van der Waals surface area contributed by atoms with Crippen molar-refractivity contribution in [2.75, 3.05) is 11.1 Å². The highest BCUT2D eigenvalue weighted by atomic mass is 35.5. The van der Waals surface area contributed by atoms with Crippen LogP contribution in [0.25, 0.3) is 0 Å². The Kier molecular flexibility index (Phi) is 4.39. The summed E-state index contributed by atoms with van der Waals surface area (Å²) in [7, 11) is 0. The van der Waals surface area contributed by atoms with E-state index in [0.29, 0.717) is 6.42 Å². The molecule has 0 saturated heterocycles. The van der Waals surface area contributed by atoms with Crippen LogP contribution in [0.4, 0.5) is 24.8 Å². The lowest BCUT2D eigenvalue weighted by molar-refractivity contribution is -0.137. The van der Waals surface area contributed by atoms with Gasteiger partial charge < -0.3 is 11.1 Å². The molecule has 0 aliphatic heterocycles. The third-order valence-corrected chi connectivity index (χ3v) is 2.50. The van der Waals surface area contributed by atoms with Gasteiger partial charge in [-0.1, -0.05) is 18.5 Å². The van der Waals surface area contributed by atoms with E-state index in [2.05, 4.69) is 15.3 Å². The normalized spacial score (nSPS) is 13.5. The Morgan fingerprint density at radius 2 is 2.12 bits per heavy atom. The average molecular weight is 269 g/mol. The fourth-order valence-electron chi connectivity index (χ4n) is 1.25. The van der Waals surface area contributed by atoms with E-state index >= 15 is 0 Å². The molecule has 0 fully saturated rings. The Labute approximate surface area is 101 Å². The van der Waals surface area contributed by atoms with Crippen LogP contribution in [0, 0.1) is 0 Å². The number of hydrogen-bond donors (Lipinski definition) is 2. The Bertz CT molecular complexity index is 383. The summed E-state index contributed by atoms with van der Waals surface area (Å²) in [5, 5.41) is 2.65. The van der Waals surface area contributed by atoms with E-state index in [4.69, 9.17) is 17.3 Å². The first-order chi connectivity index (χ1) is 7.83. The van der Waals surface area contributed by atoms with E-state index in [9.17, 15) is 13.2 Å². The third kappa shape index (κ3) is 4.26. The lowest BCUT2D eigenvalue weighted by atomic mass is 10.1. The van der Waals surface area contributed by atoms with Gasteiger partial charge >= 0.3 is 6.18 Å². The van der Waals surface area contributed by atoms with Crippen molar-refractivity contribution in [2.24, 2.45) is 0 Å². The maximum Gasteiger partial charge on any atom is 0.391 e. The average Bonchev–Trinajstić information content (AvgIpc) is 2.21. The van der Waals surface area contributed by atoms with Gasteiger partial charge in [0.1, 0.15) is 17.2 Å². The van der Waals surface area contributed by atoms with Gasteiger partial charge in [-0.3, -0.25) is 0 Å². The first kappa shape index (κ1) is 13.8. The van der Waals surface area contributed by atoms with Crippen molar-refractivity contribution in [3.63, 3.8) is 0 Å². The number of nitrogens with zero attached hydrogens (tertiary/aromatic N) is 2. The molecule has 1 heterocycles. The predicted molar refractivity (Wildman–Crippen MR) is 59.8 cm³/mol. The number of nitrogens with one attached hydrogen (secondary N) is 1. The molecular formula is C9H12ClF3N4. The summed E-state index contributed by atoms with van der Waals surface area (Å²) in [5.74, 6) is 0.154. The molecule has 0 aliphatic rings. The molecule has 0 radical (unpaired) electrons. The topological polar surface area (TPSA) is 63.8 Å². The Morgan fingerprint density at radius 1 is 1.47 bits per heavy atom. The van der Waals surface area contributed by atoms with Crippen LogP contribution >= 0.6 is 11.6 Å². The zero-order chi connectivity index (χ0) is 13.1. The Morgan fingerprint density at radius 3 is 2.65 bits per heavy atom. The quantitative estimate of drug-likeness (QED) is 0.881. The fourth-order valence-corrected chi connectivity index (χ4v) is 1.41. The molecule has 1 unspecified atom stereocenters. The van der Waals surface area contributed by atoms with E-state index in [1.807, 2.05) is 0 Å². The van der Waals surface area contributed by atoms with Gasteiger partial charge in [0.05, 0.1) is 6.42 Å². The predicted octanol–water partition coefficient (Wildman–Crippen LogP) is 2.86. The molecule has 0 saturated carbocycles. The fraction of sp³-hybridized carbons (Fsp3) is 0.556. The van der Waals surface area contributed by atoms with Gasteiger partial charge in [-0.15, -0.1) is 0 Å². The van der Waals surface area contributed by atoms with Crippen molar-refractivity contribution >= 4 is 23.2 Å². The standard InChI is InChI=1S/C9H12ClF3N4/c1-2-5(3-9(11,12)13)17-8-6(10)7(14)15-4-16-8/h4-5H,2-3H2,1H3,(H3,14,15,16,17). The highest BCUT2D eigenvalue weighted by Crippen LogP contribution is 2.28. The second kappa shape index (κ2) is 5.39. The number of rotatable bonds is 4. The van der Waals surface area contributed by atoms with Gasteiger partial charge in [0.15, 0.2) is 5.82 Å². The number of anilines is 2. The summed E-state index contributed by atoms with van der Waals surface area (Å²) in [5.41, 5.74) is 5.42. The highest BCUT2D eigenvalue weighted by Gasteiger charge is 2.31. The zero-order valence-electron chi connectivity index (χ0n) is 9.05. The number of nitrogen functional groups attached to an aromatic ring is 1. The van der Waals surface area contributed by atoms with Crippen LogP contribution in [0.1, 0.15) is 19.8 Å². The SMILES string of the molecule is CCC(CC(F)(F)F)Nc1ncnc(N)c1Cl. The summed E-state index contributed by atoms with van der Waals surface area (Å²) < 4.78 is 36.7. The molecule has 0 aliphatic carbocycles. The smallest absolute Gasteiger partial charge is 0.382 e. The maximum absolute atomic E-state index is 12.2. The van der Waals surface area contributed by atoms with Crippen LogP contribution < -0.4 is 11.1 Å². The molecule has 1 rings (SSSR count). The molecule has 0 amide bonds. The van der Waals surface area contributed by atoms with Crippen molar-refractivity contribution in [3.05, 3.63) is 11.3 Å². The van der Waals surface area contributed by atoms with Crippen molar-refractivity contribution < 1.29 is 13.2 Å². The lowest BCUT2D eigenvalue weighted by Gasteiger charge is -2.19. The molecule has 96 valence electrons. The monoisotopic (exact) mass is 268 g/mol. The van der Waals surface area contributed by atoms with E-state index in [0.717, 1.165) is 6.33 Å². The van der Waals surface area contributed by atoms with Crippen molar-refractivity contribution in [1.29, 1.82) is 0 Å². The second-order valence-corrected chi connectivity index (χ2v) is 3.87. The number of alkyl halides is 3. The molecule has 1 aromatic heterocycles. The van der Waals surface area contributed by atoms with E-state index < -0.39 is 18.6 Å². The molecule has 1 atom stereocenters. The molecule has 0 spiro atoms. The maximum atomic E-state index is 12.2. The summed E-state index contributed by atoms with van der Waals surface area (Å²) in [6, 6.07) is -0.790. The van der Waals surface area contributed by atoms with Crippen molar-refractivity contribution in [2.45, 2.75) is 32.0 Å². The van der Waals surface area contributed by atoms with Gasteiger partial charge in [0.25, 0.3) is 0 Å². The first-order valence-corrected chi connectivity index (χ1v) is 5.30. The zero-order valence-corrected chi connectivity index (χ0v) is 9.81. The summed E-state index contributed by atoms with van der Waals surface area (Å²) in [6.45, 7) is 1.64. The van der Waals surface area contributed by atoms with Gasteiger partial charge in [-0.2, -0.15) is 13.2 Å². The molecule has 3 N–H and O–H groups in total. The highest BCUT2D eigenvalue weighted by molar-refractivity contribution is 6.35. The minimum Gasteiger partial charge on any atom is -0.382 e. The molecule has 1 aromatic rings. The lowest BCUT2D eigenvalue weighted by Crippen LogP contribution is -2.26. The number of halogens is 4. The van der Waals surface area contributed by atoms with Crippen molar-refractivity contribution in [3.8, 4) is 0 Å². The van der Waals surface area contributed by atoms with Gasteiger partial charge in [-0.05, 0) is 6.42 Å². The molecule has 17 heavy (non-hydrogen) atoms. The second-order valence-electron chi connectivity index (χ2n) is 3.49. The van der Waals surface area contributed by atoms with Crippen LogP contribution in [-0.2, 0) is 0 Å². The van der Waals surface area contributed by atoms with Crippen LogP contribution in [0.5, 0.6) is 0 Å². The van der Waals surface area contributed by atoms with Gasteiger partial charge in [0.2, 0.25) is 0 Å². The van der Waals surface area contributed by atoms with E-state index in [1.165, 1.54) is 0 Å². The van der Waals surface area contributed by atoms with Crippen LogP contribution in [-0.4, -0.2) is 22.2 Å². The molecule has 4 nitrogen and oxygen atoms in total. The Balaban J connectivity index is 2.77. The van der Waals surface area contributed by atoms with Crippen LogP contribution in [0.2, 0.25) is 5.02 Å². The largest absolute Gasteiger partial charge is 0.391 e. The summed E-state index contributed by atoms with van der Waals surface area (Å²) in [6.07, 6.45) is -3.76. The summed E-state index contributed by atoms with van der Waals surface area (Å²) in [4.78, 5) is 7.37. The third-order valence-electron chi connectivity index (χ3n) is 2.13. The number of hydrogen-bond acceptors (Lipinski definition) is 4. The molecule has 0 aromatic carbocycles. The van der Waals surface area contributed by atoms with E-state index in [-0.39, 0.29) is 16.7 Å².